The number of nitrogens with one attached hydrogen (secondary N) is 1. The van der Waals surface area contributed by atoms with Crippen LogP contribution >= 0.6 is 34.5 Å². The van der Waals surface area contributed by atoms with Crippen LogP contribution in [0.25, 0.3) is 0 Å². The molecular formula is C16H16Cl2N2S. The van der Waals surface area contributed by atoms with Crippen LogP contribution in [0.4, 0.5) is 0 Å². The van der Waals surface area contributed by atoms with E-state index in [1.54, 1.807) is 11.3 Å². The molecule has 1 N–H and O–H groups in total. The Morgan fingerprint density at radius 2 is 2.24 bits per heavy atom. The average molecular weight is 339 g/mol. The van der Waals surface area contributed by atoms with Gasteiger partial charge in [-0.05, 0) is 43.0 Å². The zero-order chi connectivity index (χ0) is 14.6. The zero-order valence-electron chi connectivity index (χ0n) is 11.7. The molecule has 1 saturated carbocycles. The third-order valence-electron chi connectivity index (χ3n) is 5.00. The van der Waals surface area contributed by atoms with E-state index in [1.165, 1.54) is 10.6 Å². The van der Waals surface area contributed by atoms with Gasteiger partial charge in [0.05, 0.1) is 15.1 Å². The second-order valence-corrected chi connectivity index (χ2v) is 7.86. The number of halogens is 2. The molecule has 0 amide bonds. The summed E-state index contributed by atoms with van der Waals surface area (Å²) in [5, 5.41) is 8.20. The molecular weight excluding hydrogens is 323 g/mol. The van der Waals surface area contributed by atoms with Crippen molar-refractivity contribution >= 4 is 34.5 Å². The standard InChI is InChI=1S/C16H16Cl2N2S/c1-9-7-21-15(20-9)5-11-12-6-19-8-16(11,12)10-2-3-13(17)14(18)4-10/h2-4,7,11-12,19H,5-6,8H2,1H3/t11-,12-,16-/m1/s1. The number of aryl methyl sites for hydroxylation is 1. The predicted molar refractivity (Wildman–Crippen MR) is 88.5 cm³/mol. The molecule has 1 aliphatic heterocycles. The molecule has 1 saturated heterocycles. The minimum absolute atomic E-state index is 0.230. The van der Waals surface area contributed by atoms with E-state index in [1.807, 2.05) is 6.07 Å². The van der Waals surface area contributed by atoms with Crippen LogP contribution in [0.2, 0.25) is 10.0 Å². The summed E-state index contributed by atoms with van der Waals surface area (Å²) in [4.78, 5) is 4.63. The maximum Gasteiger partial charge on any atom is 0.0931 e. The number of fused-ring (bicyclic) bond motifs is 1. The molecule has 2 heterocycles. The molecule has 2 aliphatic rings. The van der Waals surface area contributed by atoms with Crippen molar-refractivity contribution in [2.24, 2.45) is 11.8 Å². The van der Waals surface area contributed by atoms with Crippen LogP contribution < -0.4 is 5.32 Å². The Balaban J connectivity index is 1.64. The van der Waals surface area contributed by atoms with Crippen LogP contribution in [0.5, 0.6) is 0 Å². The molecule has 1 aliphatic carbocycles. The summed E-state index contributed by atoms with van der Waals surface area (Å²) in [6, 6.07) is 6.12. The van der Waals surface area contributed by atoms with E-state index >= 15 is 0 Å². The van der Waals surface area contributed by atoms with Crippen LogP contribution in [-0.4, -0.2) is 18.1 Å². The molecule has 3 atom stereocenters. The maximum atomic E-state index is 6.22. The molecule has 110 valence electrons. The molecule has 1 aromatic carbocycles. The summed E-state index contributed by atoms with van der Waals surface area (Å²) in [6.07, 6.45) is 1.07. The van der Waals surface area contributed by atoms with Gasteiger partial charge in [0.1, 0.15) is 0 Å². The van der Waals surface area contributed by atoms with Crippen LogP contribution in [0.3, 0.4) is 0 Å². The van der Waals surface area contributed by atoms with Gasteiger partial charge in [-0.2, -0.15) is 0 Å². The van der Waals surface area contributed by atoms with Crippen LogP contribution in [-0.2, 0) is 11.8 Å². The highest BCUT2D eigenvalue weighted by atomic mass is 35.5. The lowest BCUT2D eigenvalue weighted by atomic mass is 9.92. The first kappa shape index (κ1) is 14.0. The summed E-state index contributed by atoms with van der Waals surface area (Å²) < 4.78 is 0. The van der Waals surface area contributed by atoms with Crippen molar-refractivity contribution in [2.45, 2.75) is 18.8 Å². The minimum Gasteiger partial charge on any atom is -0.316 e. The first-order valence-corrected chi connectivity index (χ1v) is 8.82. The van der Waals surface area contributed by atoms with Gasteiger partial charge >= 0.3 is 0 Å². The Morgan fingerprint density at radius 3 is 2.95 bits per heavy atom. The Hall–Kier alpha value is -0.610. The first-order valence-electron chi connectivity index (χ1n) is 7.18. The van der Waals surface area contributed by atoms with E-state index < -0.39 is 0 Å². The van der Waals surface area contributed by atoms with E-state index in [0.717, 1.165) is 25.2 Å². The fourth-order valence-corrected chi connectivity index (χ4v) is 5.08. The quantitative estimate of drug-likeness (QED) is 0.911. The number of benzene rings is 1. The summed E-state index contributed by atoms with van der Waals surface area (Å²) in [7, 11) is 0. The lowest BCUT2D eigenvalue weighted by Crippen LogP contribution is -2.24. The van der Waals surface area contributed by atoms with E-state index in [4.69, 9.17) is 23.2 Å². The summed E-state index contributed by atoms with van der Waals surface area (Å²) in [5.74, 6) is 1.36. The lowest BCUT2D eigenvalue weighted by Gasteiger charge is -2.16. The number of hydrogen-bond acceptors (Lipinski definition) is 3. The molecule has 0 radical (unpaired) electrons. The molecule has 2 nitrogen and oxygen atoms in total. The highest BCUT2D eigenvalue weighted by Gasteiger charge is 2.67. The first-order chi connectivity index (χ1) is 10.1. The highest BCUT2D eigenvalue weighted by molar-refractivity contribution is 7.09. The molecule has 1 aromatic heterocycles. The molecule has 2 fully saturated rings. The smallest absolute Gasteiger partial charge is 0.0931 e. The van der Waals surface area contributed by atoms with E-state index in [2.05, 4.69) is 34.7 Å². The number of aromatic nitrogens is 1. The minimum atomic E-state index is 0.230. The second kappa shape index (κ2) is 4.95. The van der Waals surface area contributed by atoms with Crippen molar-refractivity contribution in [1.29, 1.82) is 0 Å². The molecule has 0 spiro atoms. The lowest BCUT2D eigenvalue weighted by molar-refractivity contribution is 0.555. The molecule has 2 aromatic rings. The van der Waals surface area contributed by atoms with Gasteiger partial charge in [-0.25, -0.2) is 4.98 Å². The third kappa shape index (κ3) is 2.14. The largest absolute Gasteiger partial charge is 0.316 e. The zero-order valence-corrected chi connectivity index (χ0v) is 14.0. The molecule has 21 heavy (non-hydrogen) atoms. The number of nitrogens with zero attached hydrogens (tertiary/aromatic N) is 1. The maximum absolute atomic E-state index is 6.22. The fourth-order valence-electron chi connectivity index (χ4n) is 3.95. The van der Waals surface area contributed by atoms with Crippen molar-refractivity contribution < 1.29 is 0 Å². The number of piperidine rings is 1. The Morgan fingerprint density at radius 1 is 1.38 bits per heavy atom. The Labute approximate surface area is 138 Å². The van der Waals surface area contributed by atoms with Crippen molar-refractivity contribution in [3.05, 3.63) is 49.9 Å². The SMILES string of the molecule is Cc1csc(C[C@@H]2[C@H]3CNC[C@]32c2ccc(Cl)c(Cl)c2)n1. The van der Waals surface area contributed by atoms with Crippen molar-refractivity contribution in [3.8, 4) is 0 Å². The van der Waals surface area contributed by atoms with Gasteiger partial charge in [-0.1, -0.05) is 29.3 Å². The highest BCUT2D eigenvalue weighted by Crippen LogP contribution is 2.63. The van der Waals surface area contributed by atoms with E-state index in [0.29, 0.717) is 21.9 Å². The van der Waals surface area contributed by atoms with Gasteiger partial charge in [0.15, 0.2) is 0 Å². The van der Waals surface area contributed by atoms with Crippen molar-refractivity contribution in [1.82, 2.24) is 10.3 Å². The van der Waals surface area contributed by atoms with Gasteiger partial charge in [0.25, 0.3) is 0 Å². The van der Waals surface area contributed by atoms with Gasteiger partial charge in [0, 0.05) is 29.5 Å². The summed E-state index contributed by atoms with van der Waals surface area (Å²) in [5.41, 5.74) is 2.68. The normalized spacial score (nSPS) is 30.4. The van der Waals surface area contributed by atoms with Crippen molar-refractivity contribution in [3.63, 3.8) is 0 Å². The van der Waals surface area contributed by atoms with Crippen LogP contribution in [0, 0.1) is 18.8 Å². The molecule has 0 unspecified atom stereocenters. The Kier molecular flexibility index (Phi) is 3.30. The predicted octanol–water partition coefficient (Wildman–Crippen LogP) is 4.09. The Bertz CT molecular complexity index is 699. The molecule has 4 rings (SSSR count). The molecule has 5 heteroatoms. The van der Waals surface area contributed by atoms with Crippen molar-refractivity contribution in [2.75, 3.05) is 13.1 Å². The van der Waals surface area contributed by atoms with Gasteiger partial charge in [-0.3, -0.25) is 0 Å². The average Bonchev–Trinajstić information content (AvgIpc) is 2.84. The van der Waals surface area contributed by atoms with Crippen LogP contribution in [0.15, 0.2) is 23.6 Å². The van der Waals surface area contributed by atoms with Gasteiger partial charge in [0.2, 0.25) is 0 Å². The third-order valence-corrected chi connectivity index (χ3v) is 6.73. The summed E-state index contributed by atoms with van der Waals surface area (Å²) >= 11 is 14.1. The second-order valence-electron chi connectivity index (χ2n) is 6.10. The van der Waals surface area contributed by atoms with Gasteiger partial charge in [-0.15, -0.1) is 11.3 Å². The number of hydrogen-bond donors (Lipinski definition) is 1. The van der Waals surface area contributed by atoms with Gasteiger partial charge < -0.3 is 5.32 Å². The molecule has 0 bridgehead atoms. The topological polar surface area (TPSA) is 24.9 Å². The van der Waals surface area contributed by atoms with E-state index in [9.17, 15) is 0 Å². The fraction of sp³-hybridized carbons (Fsp3) is 0.438. The summed E-state index contributed by atoms with van der Waals surface area (Å²) in [6.45, 7) is 4.18. The number of rotatable bonds is 3. The van der Waals surface area contributed by atoms with E-state index in [-0.39, 0.29) is 5.41 Å². The monoisotopic (exact) mass is 338 g/mol. The van der Waals surface area contributed by atoms with Crippen LogP contribution in [0.1, 0.15) is 16.3 Å². The number of thiazole rings is 1.